The average molecular weight is 382 g/mol. The van der Waals surface area contributed by atoms with Crippen molar-refractivity contribution in [2.45, 2.75) is 38.5 Å². The first-order chi connectivity index (χ1) is 13.1. The second-order valence-electron chi connectivity index (χ2n) is 6.94. The van der Waals surface area contributed by atoms with Crippen LogP contribution in [0.25, 0.3) is 10.2 Å². The lowest BCUT2D eigenvalue weighted by Crippen LogP contribution is -2.30. The second kappa shape index (κ2) is 7.56. The summed E-state index contributed by atoms with van der Waals surface area (Å²) in [6.07, 6.45) is 5.66. The molecule has 5 nitrogen and oxygen atoms in total. The van der Waals surface area contributed by atoms with Crippen molar-refractivity contribution in [3.63, 3.8) is 0 Å². The molecule has 2 aromatic heterocycles. The number of aromatic nitrogens is 1. The molecule has 0 bridgehead atoms. The normalized spacial score (nSPS) is 13.5. The van der Waals surface area contributed by atoms with Crippen molar-refractivity contribution in [3.8, 4) is 5.75 Å². The van der Waals surface area contributed by atoms with Crippen molar-refractivity contribution in [1.29, 1.82) is 0 Å². The summed E-state index contributed by atoms with van der Waals surface area (Å²) in [7, 11) is 0. The summed E-state index contributed by atoms with van der Waals surface area (Å²) in [6.45, 7) is 0.451. The summed E-state index contributed by atoms with van der Waals surface area (Å²) in [5, 5.41) is 14.1. The molecule has 6 heteroatoms. The molecule has 0 radical (unpaired) electrons. The number of hydrogen-bond acceptors (Lipinski definition) is 4. The van der Waals surface area contributed by atoms with Gasteiger partial charge in [0.2, 0.25) is 0 Å². The van der Waals surface area contributed by atoms with E-state index in [-0.39, 0.29) is 11.3 Å². The molecule has 0 fully saturated rings. The fourth-order valence-corrected chi connectivity index (χ4v) is 5.03. The molecule has 0 saturated carbocycles. The summed E-state index contributed by atoms with van der Waals surface area (Å²) in [5.74, 6) is -0.687. The molecule has 3 aromatic rings. The maximum Gasteiger partial charge on any atom is 0.265 e. The van der Waals surface area contributed by atoms with Crippen molar-refractivity contribution < 1.29 is 9.90 Å². The maximum absolute atomic E-state index is 12.5. The van der Waals surface area contributed by atoms with Crippen molar-refractivity contribution in [2.75, 3.05) is 6.54 Å². The van der Waals surface area contributed by atoms with Crippen LogP contribution in [-0.4, -0.2) is 22.5 Å². The number of pyridine rings is 1. The van der Waals surface area contributed by atoms with Crippen LogP contribution < -0.4 is 10.9 Å². The number of hydrogen-bond donors (Lipinski definition) is 3. The Labute approximate surface area is 161 Å². The summed E-state index contributed by atoms with van der Waals surface area (Å²) in [5.41, 5.74) is 1.60. The van der Waals surface area contributed by atoms with E-state index in [9.17, 15) is 14.7 Å². The van der Waals surface area contributed by atoms with E-state index >= 15 is 0 Å². The third-order valence-electron chi connectivity index (χ3n) is 5.10. The number of nitrogens with one attached hydrogen (secondary N) is 2. The first-order valence-electron chi connectivity index (χ1n) is 9.37. The Morgan fingerprint density at radius 2 is 1.96 bits per heavy atom. The van der Waals surface area contributed by atoms with E-state index < -0.39 is 11.5 Å². The lowest BCUT2D eigenvalue weighted by molar-refractivity contribution is 0.0949. The number of amides is 1. The van der Waals surface area contributed by atoms with E-state index in [1.807, 2.05) is 30.3 Å². The molecule has 4 rings (SSSR count). The van der Waals surface area contributed by atoms with Crippen molar-refractivity contribution in [1.82, 2.24) is 10.3 Å². The van der Waals surface area contributed by atoms with Crippen LogP contribution in [0, 0.1) is 0 Å². The highest BCUT2D eigenvalue weighted by atomic mass is 32.1. The lowest BCUT2D eigenvalue weighted by atomic mass is 9.96. The van der Waals surface area contributed by atoms with Crippen LogP contribution in [-0.2, 0) is 19.3 Å². The largest absolute Gasteiger partial charge is 0.506 e. The van der Waals surface area contributed by atoms with Gasteiger partial charge >= 0.3 is 0 Å². The minimum absolute atomic E-state index is 0.172. The van der Waals surface area contributed by atoms with Gasteiger partial charge in [0.15, 0.2) is 0 Å². The molecule has 3 N–H and O–H groups in total. The molecule has 0 spiro atoms. The number of aryl methyl sites for hydroxylation is 3. The van der Waals surface area contributed by atoms with Crippen molar-refractivity contribution >= 4 is 27.5 Å². The number of aromatic hydroxyl groups is 1. The van der Waals surface area contributed by atoms with E-state index in [1.165, 1.54) is 21.8 Å². The Morgan fingerprint density at radius 1 is 1.19 bits per heavy atom. The van der Waals surface area contributed by atoms with Gasteiger partial charge in [-0.05, 0) is 49.7 Å². The molecule has 2 heterocycles. The van der Waals surface area contributed by atoms with E-state index in [0.717, 1.165) is 44.1 Å². The Hall–Kier alpha value is -2.60. The maximum atomic E-state index is 12.5. The van der Waals surface area contributed by atoms with Gasteiger partial charge in [-0.3, -0.25) is 9.59 Å². The van der Waals surface area contributed by atoms with Gasteiger partial charge in [0.25, 0.3) is 11.5 Å². The molecule has 140 valence electrons. The van der Waals surface area contributed by atoms with Gasteiger partial charge in [-0.1, -0.05) is 30.3 Å². The predicted octanol–water partition coefficient (Wildman–Crippen LogP) is 3.54. The van der Waals surface area contributed by atoms with Crippen LogP contribution in [0.1, 0.15) is 45.6 Å². The quantitative estimate of drug-likeness (QED) is 0.590. The van der Waals surface area contributed by atoms with Gasteiger partial charge in [-0.15, -0.1) is 11.3 Å². The van der Waals surface area contributed by atoms with Crippen LogP contribution in [0.2, 0.25) is 0 Å². The highest BCUT2D eigenvalue weighted by molar-refractivity contribution is 7.18. The Bertz CT molecular complexity index is 1040. The highest BCUT2D eigenvalue weighted by Gasteiger charge is 2.25. The number of rotatable bonds is 5. The Balaban J connectivity index is 1.52. The number of fused-ring (bicyclic) bond motifs is 3. The van der Waals surface area contributed by atoms with Gasteiger partial charge in [0.05, 0.1) is 5.39 Å². The molecule has 0 saturated heterocycles. The third-order valence-corrected chi connectivity index (χ3v) is 6.30. The Morgan fingerprint density at radius 3 is 2.78 bits per heavy atom. The molecule has 27 heavy (non-hydrogen) atoms. The smallest absolute Gasteiger partial charge is 0.265 e. The standard InChI is InChI=1S/C21H22N2O3S/c24-18-16-14-10-4-5-11-15(14)27-21(16)23-20(26)17(18)19(25)22-12-6-9-13-7-2-1-3-8-13/h1-3,7-8H,4-6,9-12H2,(H,22,25)(H2,23,24,26). The molecule has 1 amide bonds. The number of carbonyl (C=O) groups excluding carboxylic acids is 1. The molecular weight excluding hydrogens is 360 g/mol. The summed E-state index contributed by atoms with van der Waals surface area (Å²) in [6, 6.07) is 10.0. The zero-order chi connectivity index (χ0) is 18.8. The average Bonchev–Trinajstić information content (AvgIpc) is 3.04. The van der Waals surface area contributed by atoms with Gasteiger partial charge < -0.3 is 15.4 Å². The third kappa shape index (κ3) is 3.49. The zero-order valence-electron chi connectivity index (χ0n) is 15.0. The monoisotopic (exact) mass is 382 g/mol. The number of H-pyrrole nitrogens is 1. The topological polar surface area (TPSA) is 82.2 Å². The lowest BCUT2D eigenvalue weighted by Gasteiger charge is -2.11. The van der Waals surface area contributed by atoms with Gasteiger partial charge in [-0.2, -0.15) is 0 Å². The fourth-order valence-electron chi connectivity index (χ4n) is 3.74. The summed E-state index contributed by atoms with van der Waals surface area (Å²) < 4.78 is 0. The SMILES string of the molecule is O=C(NCCCc1ccccc1)c1c(O)c2c3c(sc2[nH]c1=O)CCCC3. The predicted molar refractivity (Wildman–Crippen MR) is 108 cm³/mol. The van der Waals surface area contributed by atoms with E-state index in [2.05, 4.69) is 10.3 Å². The summed E-state index contributed by atoms with van der Waals surface area (Å²) in [4.78, 5) is 29.6. The molecule has 1 aromatic carbocycles. The van der Waals surface area contributed by atoms with E-state index in [1.54, 1.807) is 0 Å². The molecule has 1 aliphatic carbocycles. The van der Waals surface area contributed by atoms with Crippen molar-refractivity contribution in [2.24, 2.45) is 0 Å². The minimum Gasteiger partial charge on any atom is -0.506 e. The fraction of sp³-hybridized carbons (Fsp3) is 0.333. The number of carbonyl (C=O) groups is 1. The van der Waals surface area contributed by atoms with Crippen molar-refractivity contribution in [3.05, 3.63) is 62.3 Å². The molecule has 0 unspecified atom stereocenters. The van der Waals surface area contributed by atoms with Gasteiger partial charge in [0.1, 0.15) is 16.1 Å². The Kier molecular flexibility index (Phi) is 4.99. The van der Waals surface area contributed by atoms with Gasteiger partial charge in [-0.25, -0.2) is 0 Å². The molecular formula is C21H22N2O3S. The minimum atomic E-state index is -0.529. The van der Waals surface area contributed by atoms with Crippen LogP contribution in [0.5, 0.6) is 5.75 Å². The highest BCUT2D eigenvalue weighted by Crippen LogP contribution is 2.39. The second-order valence-corrected chi connectivity index (χ2v) is 8.04. The van der Waals surface area contributed by atoms with Crippen LogP contribution in [0.15, 0.2) is 35.1 Å². The molecule has 0 atom stereocenters. The molecule has 0 aliphatic heterocycles. The first kappa shape index (κ1) is 17.8. The molecule has 1 aliphatic rings. The van der Waals surface area contributed by atoms with Gasteiger partial charge in [0, 0.05) is 11.4 Å². The number of aromatic amines is 1. The zero-order valence-corrected chi connectivity index (χ0v) is 15.8. The number of benzene rings is 1. The van der Waals surface area contributed by atoms with E-state index in [0.29, 0.717) is 16.8 Å². The van der Waals surface area contributed by atoms with Crippen LogP contribution in [0.3, 0.4) is 0 Å². The number of thiophene rings is 1. The first-order valence-corrected chi connectivity index (χ1v) is 10.2. The van der Waals surface area contributed by atoms with E-state index in [4.69, 9.17) is 0 Å². The van der Waals surface area contributed by atoms with Crippen LogP contribution in [0.4, 0.5) is 0 Å². The summed E-state index contributed by atoms with van der Waals surface area (Å²) >= 11 is 1.52. The van der Waals surface area contributed by atoms with Crippen LogP contribution >= 0.6 is 11.3 Å².